The van der Waals surface area contributed by atoms with Crippen LogP contribution < -0.4 is 20.1 Å². The normalized spacial score (nSPS) is 15.1. The Labute approximate surface area is 87.6 Å². The first-order valence-corrected chi connectivity index (χ1v) is 4.59. The number of hydrogen-bond donors (Lipinski definition) is 1. The number of nitrogens with two attached hydrogens (primary N) is 1. The second-order valence-corrected chi connectivity index (χ2v) is 3.23. The largest absolute Gasteiger partial charge is 0.496 e. The predicted octanol–water partition coefficient (Wildman–Crippen LogP) is 1.38. The fourth-order valence-corrected chi connectivity index (χ4v) is 1.51. The van der Waals surface area contributed by atoms with Gasteiger partial charge in [0.25, 0.3) is 0 Å². The van der Waals surface area contributed by atoms with Gasteiger partial charge < -0.3 is 14.2 Å². The molecule has 0 aliphatic carbocycles. The smallest absolute Gasteiger partial charge is 0.231 e. The summed E-state index contributed by atoms with van der Waals surface area (Å²) in [6, 6.07) is 3.59. The molecule has 15 heavy (non-hydrogen) atoms. The monoisotopic (exact) mass is 211 g/mol. The Bertz CT molecular complexity index is 367. The molecule has 2 rings (SSSR count). The molecule has 2 N–H and O–H groups in total. The summed E-state index contributed by atoms with van der Waals surface area (Å²) in [5.74, 6) is 7.19. The van der Waals surface area contributed by atoms with Crippen molar-refractivity contribution in [1.29, 1.82) is 0 Å². The Morgan fingerprint density at radius 3 is 2.60 bits per heavy atom. The topological polar surface area (TPSA) is 62.9 Å². The molecule has 82 valence electrons. The lowest BCUT2D eigenvalue weighted by atomic mass is 10.1. The van der Waals surface area contributed by atoms with Crippen molar-refractivity contribution < 1.29 is 19.0 Å². The van der Waals surface area contributed by atoms with Crippen LogP contribution in [0.4, 0.5) is 0 Å². The molecule has 0 saturated carbocycles. The van der Waals surface area contributed by atoms with Crippen molar-refractivity contribution >= 4 is 0 Å². The highest BCUT2D eigenvalue weighted by Gasteiger charge is 2.20. The summed E-state index contributed by atoms with van der Waals surface area (Å²) in [4.78, 5) is 4.76. The average Bonchev–Trinajstić information content (AvgIpc) is 2.73. The van der Waals surface area contributed by atoms with Crippen LogP contribution in [0.3, 0.4) is 0 Å². The van der Waals surface area contributed by atoms with Gasteiger partial charge in [-0.05, 0) is 13.0 Å². The minimum Gasteiger partial charge on any atom is -0.496 e. The third-order valence-electron chi connectivity index (χ3n) is 2.37. The molecule has 5 nitrogen and oxygen atoms in total. The number of benzene rings is 1. The second-order valence-electron chi connectivity index (χ2n) is 3.23. The van der Waals surface area contributed by atoms with Gasteiger partial charge in [-0.2, -0.15) is 0 Å². The van der Waals surface area contributed by atoms with Crippen LogP contribution in [-0.2, 0) is 4.84 Å². The molecule has 1 aromatic rings. The summed E-state index contributed by atoms with van der Waals surface area (Å²) in [6.07, 6.45) is -0.255. The number of fused-ring (bicyclic) bond motifs is 1. The average molecular weight is 211 g/mol. The van der Waals surface area contributed by atoms with Gasteiger partial charge in [0, 0.05) is 11.6 Å². The number of ether oxygens (including phenoxy) is 3. The lowest BCUT2D eigenvalue weighted by Crippen LogP contribution is -2.06. The SMILES string of the molecule is COc1cc2c(cc1C(C)ON)OCO2. The van der Waals surface area contributed by atoms with E-state index in [-0.39, 0.29) is 12.9 Å². The van der Waals surface area contributed by atoms with Crippen LogP contribution >= 0.6 is 0 Å². The van der Waals surface area contributed by atoms with Crippen LogP contribution in [0, 0.1) is 0 Å². The highest BCUT2D eigenvalue weighted by atomic mass is 16.7. The van der Waals surface area contributed by atoms with Crippen LogP contribution in [0.5, 0.6) is 17.2 Å². The van der Waals surface area contributed by atoms with Crippen molar-refractivity contribution in [1.82, 2.24) is 0 Å². The van der Waals surface area contributed by atoms with E-state index in [9.17, 15) is 0 Å². The highest BCUT2D eigenvalue weighted by molar-refractivity contribution is 5.52. The lowest BCUT2D eigenvalue weighted by Gasteiger charge is -2.14. The van der Waals surface area contributed by atoms with Gasteiger partial charge in [-0.1, -0.05) is 0 Å². The van der Waals surface area contributed by atoms with E-state index in [2.05, 4.69) is 0 Å². The summed E-state index contributed by atoms with van der Waals surface area (Å²) in [7, 11) is 1.59. The minimum absolute atomic E-state index is 0.236. The predicted molar refractivity (Wildman–Crippen MR) is 52.8 cm³/mol. The van der Waals surface area contributed by atoms with E-state index in [4.69, 9.17) is 24.9 Å². The fourth-order valence-electron chi connectivity index (χ4n) is 1.51. The van der Waals surface area contributed by atoms with E-state index in [1.54, 1.807) is 13.2 Å². The fraction of sp³-hybridized carbons (Fsp3) is 0.400. The van der Waals surface area contributed by atoms with Gasteiger partial charge in [0.15, 0.2) is 11.5 Å². The minimum atomic E-state index is -0.255. The quantitative estimate of drug-likeness (QED) is 0.765. The zero-order chi connectivity index (χ0) is 10.8. The first kappa shape index (κ1) is 10.1. The van der Waals surface area contributed by atoms with Gasteiger partial charge in [-0.25, -0.2) is 5.90 Å². The first-order valence-electron chi connectivity index (χ1n) is 4.59. The Kier molecular flexibility index (Phi) is 2.66. The van der Waals surface area contributed by atoms with Crippen molar-refractivity contribution in [3.05, 3.63) is 17.7 Å². The summed E-state index contributed by atoms with van der Waals surface area (Å²) >= 11 is 0. The zero-order valence-corrected chi connectivity index (χ0v) is 8.65. The lowest BCUT2D eigenvalue weighted by molar-refractivity contribution is 0.0644. The van der Waals surface area contributed by atoms with Crippen molar-refractivity contribution in [2.75, 3.05) is 13.9 Å². The number of methoxy groups -OCH3 is 1. The molecule has 0 spiro atoms. The van der Waals surface area contributed by atoms with Crippen LogP contribution in [0.25, 0.3) is 0 Å². The first-order chi connectivity index (χ1) is 7.26. The Morgan fingerprint density at radius 2 is 2.00 bits per heavy atom. The molecule has 0 aromatic heterocycles. The van der Waals surface area contributed by atoms with Gasteiger partial charge in [0.2, 0.25) is 6.79 Å². The van der Waals surface area contributed by atoms with E-state index in [1.165, 1.54) is 0 Å². The molecule has 0 saturated heterocycles. The molecular weight excluding hydrogens is 198 g/mol. The Balaban J connectivity index is 2.44. The summed E-state index contributed by atoms with van der Waals surface area (Å²) in [6.45, 7) is 2.07. The van der Waals surface area contributed by atoms with Gasteiger partial charge in [-0.15, -0.1) is 0 Å². The van der Waals surface area contributed by atoms with Crippen molar-refractivity contribution in [2.45, 2.75) is 13.0 Å². The van der Waals surface area contributed by atoms with Crippen LogP contribution in [0.15, 0.2) is 12.1 Å². The Hall–Kier alpha value is -1.46. The molecule has 1 unspecified atom stereocenters. The zero-order valence-electron chi connectivity index (χ0n) is 8.65. The van der Waals surface area contributed by atoms with Crippen molar-refractivity contribution in [2.24, 2.45) is 5.90 Å². The molecule has 1 aliphatic heterocycles. The molecule has 0 radical (unpaired) electrons. The van der Waals surface area contributed by atoms with Crippen LogP contribution in [-0.4, -0.2) is 13.9 Å². The molecule has 1 atom stereocenters. The number of rotatable bonds is 3. The molecule has 0 amide bonds. The van der Waals surface area contributed by atoms with Crippen LogP contribution in [0.1, 0.15) is 18.6 Å². The van der Waals surface area contributed by atoms with Gasteiger partial charge in [0.05, 0.1) is 7.11 Å². The van der Waals surface area contributed by atoms with E-state index in [1.807, 2.05) is 13.0 Å². The van der Waals surface area contributed by atoms with Gasteiger partial charge >= 0.3 is 0 Å². The maximum Gasteiger partial charge on any atom is 0.231 e. The molecule has 5 heteroatoms. The summed E-state index contributed by atoms with van der Waals surface area (Å²) in [5.41, 5.74) is 0.837. The Morgan fingerprint density at radius 1 is 1.33 bits per heavy atom. The van der Waals surface area contributed by atoms with E-state index in [0.29, 0.717) is 17.2 Å². The maximum absolute atomic E-state index is 5.26. The van der Waals surface area contributed by atoms with Crippen molar-refractivity contribution in [3.63, 3.8) is 0 Å². The molecule has 0 bridgehead atoms. The molecule has 1 heterocycles. The van der Waals surface area contributed by atoms with Gasteiger partial charge in [-0.3, -0.25) is 4.84 Å². The summed E-state index contributed by atoms with van der Waals surface area (Å²) in [5, 5.41) is 0. The molecular formula is C10H13NO4. The third-order valence-corrected chi connectivity index (χ3v) is 2.37. The molecule has 0 fully saturated rings. The standard InChI is InChI=1S/C10H13NO4/c1-6(15-11)7-3-9-10(14-5-13-9)4-8(7)12-2/h3-4,6H,5,11H2,1-2H3. The molecule has 1 aromatic carbocycles. The van der Waals surface area contributed by atoms with Crippen molar-refractivity contribution in [3.8, 4) is 17.2 Å². The van der Waals surface area contributed by atoms with E-state index in [0.717, 1.165) is 5.56 Å². The highest BCUT2D eigenvalue weighted by Crippen LogP contribution is 2.40. The maximum atomic E-state index is 5.26. The second kappa shape index (κ2) is 3.96. The van der Waals surface area contributed by atoms with E-state index >= 15 is 0 Å². The number of hydrogen-bond acceptors (Lipinski definition) is 5. The molecule has 1 aliphatic rings. The summed E-state index contributed by atoms with van der Waals surface area (Å²) < 4.78 is 15.7. The van der Waals surface area contributed by atoms with E-state index < -0.39 is 0 Å². The van der Waals surface area contributed by atoms with Crippen LogP contribution in [0.2, 0.25) is 0 Å². The third kappa shape index (κ3) is 1.71. The van der Waals surface area contributed by atoms with Gasteiger partial charge in [0.1, 0.15) is 11.9 Å².